The second kappa shape index (κ2) is 7.38. The van der Waals surface area contributed by atoms with E-state index in [1.165, 1.54) is 7.11 Å². The number of methoxy groups -OCH3 is 1. The Labute approximate surface area is 121 Å². The number of carbonyl (C=O) groups excluding carboxylic acids is 1. The molecule has 1 aliphatic rings. The largest absolute Gasteiger partial charge is 0.469 e. The van der Waals surface area contributed by atoms with Gasteiger partial charge in [0.15, 0.2) is 0 Å². The minimum atomic E-state index is -3.12. The molecule has 1 fully saturated rings. The molecule has 0 heterocycles. The number of ether oxygens (including phenoxy) is 1. The zero-order valence-corrected chi connectivity index (χ0v) is 13.4. The molecular weight excluding hydrogens is 280 g/mol. The molecule has 1 rings (SSSR count). The van der Waals surface area contributed by atoms with Gasteiger partial charge in [0.1, 0.15) is 0 Å². The molecule has 0 amide bonds. The Morgan fingerprint density at radius 2 is 2.05 bits per heavy atom. The second-order valence-electron chi connectivity index (χ2n) is 5.69. The van der Waals surface area contributed by atoms with Crippen molar-refractivity contribution >= 4 is 16.0 Å². The Balaban J connectivity index is 2.44. The molecule has 118 valence electrons. The molecule has 0 aromatic carbocycles. The first-order chi connectivity index (χ1) is 9.28. The van der Waals surface area contributed by atoms with Crippen LogP contribution in [0.1, 0.15) is 39.0 Å². The summed E-state index contributed by atoms with van der Waals surface area (Å²) in [5.74, 6) is -0.280. The number of carbonyl (C=O) groups is 1. The summed E-state index contributed by atoms with van der Waals surface area (Å²) in [5, 5.41) is 3.41. The maximum absolute atomic E-state index is 11.8. The van der Waals surface area contributed by atoms with Gasteiger partial charge in [-0.15, -0.1) is 0 Å². The molecule has 0 radical (unpaired) electrons. The Morgan fingerprint density at radius 3 is 2.65 bits per heavy atom. The van der Waals surface area contributed by atoms with Crippen LogP contribution in [0.15, 0.2) is 0 Å². The molecule has 7 heteroatoms. The van der Waals surface area contributed by atoms with Crippen molar-refractivity contribution in [3.05, 3.63) is 0 Å². The van der Waals surface area contributed by atoms with E-state index in [1.54, 1.807) is 0 Å². The quantitative estimate of drug-likeness (QED) is 0.532. The number of esters is 1. The van der Waals surface area contributed by atoms with Crippen LogP contribution in [0, 0.1) is 5.92 Å². The van der Waals surface area contributed by atoms with Gasteiger partial charge in [-0.3, -0.25) is 4.79 Å². The number of nitrogens with one attached hydrogen (secondary N) is 2. The lowest BCUT2D eigenvalue weighted by Crippen LogP contribution is -2.54. The van der Waals surface area contributed by atoms with E-state index in [9.17, 15) is 13.2 Å². The van der Waals surface area contributed by atoms with E-state index in [4.69, 9.17) is 4.74 Å². The zero-order chi connectivity index (χ0) is 15.2. The Bertz CT molecular complexity index is 424. The molecule has 1 aliphatic carbocycles. The van der Waals surface area contributed by atoms with E-state index >= 15 is 0 Å². The lowest BCUT2D eigenvalue weighted by molar-refractivity contribution is -0.149. The number of rotatable bonds is 7. The van der Waals surface area contributed by atoms with Gasteiger partial charge in [0.05, 0.1) is 19.3 Å². The highest BCUT2D eigenvalue weighted by Gasteiger charge is 2.41. The third-order valence-corrected chi connectivity index (χ3v) is 4.67. The lowest BCUT2D eigenvalue weighted by atomic mass is 9.74. The van der Waals surface area contributed by atoms with Gasteiger partial charge >= 0.3 is 5.97 Å². The topological polar surface area (TPSA) is 84.5 Å². The van der Waals surface area contributed by atoms with Crippen molar-refractivity contribution in [3.8, 4) is 0 Å². The lowest BCUT2D eigenvalue weighted by Gasteiger charge is -2.40. The average Bonchev–Trinajstić information content (AvgIpc) is 2.36. The predicted octanol–water partition coefficient (Wildman–Crippen LogP) is 0.637. The van der Waals surface area contributed by atoms with Gasteiger partial charge in [0.2, 0.25) is 10.0 Å². The summed E-state index contributed by atoms with van der Waals surface area (Å²) >= 11 is 0. The van der Waals surface area contributed by atoms with Crippen LogP contribution in [0.2, 0.25) is 0 Å². The van der Waals surface area contributed by atoms with E-state index in [1.807, 2.05) is 0 Å². The van der Waals surface area contributed by atoms with Crippen LogP contribution in [0.4, 0.5) is 0 Å². The van der Waals surface area contributed by atoms with Crippen LogP contribution >= 0.6 is 0 Å². The standard InChI is InChI=1S/C13H26N2O4S/c1-13(14-9-6-10-15-20(3,17)18)8-5-4-7-11(13)12(16)19-2/h11,14-15H,4-10H2,1-3H3/t11-,13+/m0/s1. The van der Waals surface area contributed by atoms with Crippen molar-refractivity contribution in [1.29, 1.82) is 0 Å². The molecule has 0 spiro atoms. The highest BCUT2D eigenvalue weighted by atomic mass is 32.2. The normalized spacial score (nSPS) is 27.2. The summed E-state index contributed by atoms with van der Waals surface area (Å²) in [6.07, 6.45) is 5.77. The van der Waals surface area contributed by atoms with Crippen LogP contribution in [-0.2, 0) is 19.6 Å². The van der Waals surface area contributed by atoms with Crippen molar-refractivity contribution in [2.75, 3.05) is 26.5 Å². The second-order valence-corrected chi connectivity index (χ2v) is 7.52. The summed E-state index contributed by atoms with van der Waals surface area (Å²) in [6.45, 7) is 3.13. The summed E-state index contributed by atoms with van der Waals surface area (Å²) in [5.41, 5.74) is -0.254. The average molecular weight is 306 g/mol. The highest BCUT2D eigenvalue weighted by Crippen LogP contribution is 2.34. The minimum Gasteiger partial charge on any atom is -0.469 e. The molecule has 2 atom stereocenters. The predicted molar refractivity (Wildman–Crippen MR) is 77.8 cm³/mol. The van der Waals surface area contributed by atoms with Gasteiger partial charge < -0.3 is 10.1 Å². The maximum Gasteiger partial charge on any atom is 0.310 e. The fraction of sp³-hybridized carbons (Fsp3) is 0.923. The summed E-state index contributed by atoms with van der Waals surface area (Å²) < 4.78 is 29.2. The Kier molecular flexibility index (Phi) is 6.42. The molecule has 1 saturated carbocycles. The fourth-order valence-corrected chi connectivity index (χ4v) is 3.30. The van der Waals surface area contributed by atoms with E-state index in [-0.39, 0.29) is 17.4 Å². The SMILES string of the molecule is COC(=O)[C@@H]1CCCC[C@@]1(C)NCCCNS(C)(=O)=O. The van der Waals surface area contributed by atoms with E-state index < -0.39 is 10.0 Å². The van der Waals surface area contributed by atoms with Gasteiger partial charge in [-0.2, -0.15) is 0 Å². The molecule has 0 aromatic heterocycles. The van der Waals surface area contributed by atoms with Gasteiger partial charge in [0, 0.05) is 12.1 Å². The minimum absolute atomic E-state index is 0.121. The molecule has 6 nitrogen and oxygen atoms in total. The van der Waals surface area contributed by atoms with Gasteiger partial charge in [0.25, 0.3) is 0 Å². The summed E-state index contributed by atoms with van der Waals surface area (Å²) in [7, 11) is -1.70. The van der Waals surface area contributed by atoms with Gasteiger partial charge in [-0.25, -0.2) is 13.1 Å². The summed E-state index contributed by atoms with van der Waals surface area (Å²) in [6, 6.07) is 0. The number of hydrogen-bond donors (Lipinski definition) is 2. The molecular formula is C13H26N2O4S. The van der Waals surface area contributed by atoms with E-state index in [2.05, 4.69) is 17.0 Å². The van der Waals surface area contributed by atoms with Crippen molar-refractivity contribution in [1.82, 2.24) is 10.0 Å². The monoisotopic (exact) mass is 306 g/mol. The molecule has 0 bridgehead atoms. The van der Waals surface area contributed by atoms with Crippen LogP contribution in [0.3, 0.4) is 0 Å². The molecule has 0 unspecified atom stereocenters. The fourth-order valence-electron chi connectivity index (χ4n) is 2.79. The molecule has 20 heavy (non-hydrogen) atoms. The maximum atomic E-state index is 11.8. The van der Waals surface area contributed by atoms with Crippen molar-refractivity contribution in [3.63, 3.8) is 0 Å². The number of hydrogen-bond acceptors (Lipinski definition) is 5. The molecule has 0 aliphatic heterocycles. The van der Waals surface area contributed by atoms with Crippen LogP contribution < -0.4 is 10.0 Å². The van der Waals surface area contributed by atoms with E-state index in [0.29, 0.717) is 19.5 Å². The van der Waals surface area contributed by atoms with Crippen LogP contribution in [-0.4, -0.2) is 46.4 Å². The van der Waals surface area contributed by atoms with Gasteiger partial charge in [-0.05, 0) is 32.7 Å². The van der Waals surface area contributed by atoms with Crippen LogP contribution in [0.5, 0.6) is 0 Å². The highest BCUT2D eigenvalue weighted by molar-refractivity contribution is 7.88. The van der Waals surface area contributed by atoms with Crippen molar-refractivity contribution < 1.29 is 17.9 Å². The van der Waals surface area contributed by atoms with E-state index in [0.717, 1.165) is 31.9 Å². The first-order valence-corrected chi connectivity index (χ1v) is 8.95. The third kappa shape index (κ3) is 5.38. The Morgan fingerprint density at radius 1 is 1.35 bits per heavy atom. The number of sulfonamides is 1. The van der Waals surface area contributed by atoms with Crippen molar-refractivity contribution in [2.24, 2.45) is 5.92 Å². The smallest absolute Gasteiger partial charge is 0.310 e. The summed E-state index contributed by atoms with van der Waals surface area (Å²) in [4.78, 5) is 11.8. The third-order valence-electron chi connectivity index (χ3n) is 3.94. The molecule has 2 N–H and O–H groups in total. The molecule has 0 aromatic rings. The van der Waals surface area contributed by atoms with Crippen molar-refractivity contribution in [2.45, 2.75) is 44.6 Å². The zero-order valence-electron chi connectivity index (χ0n) is 12.6. The first-order valence-electron chi connectivity index (χ1n) is 7.06. The van der Waals surface area contributed by atoms with Crippen LogP contribution in [0.25, 0.3) is 0 Å². The Hall–Kier alpha value is -0.660. The van der Waals surface area contributed by atoms with Gasteiger partial charge in [-0.1, -0.05) is 12.8 Å². The molecule has 0 saturated heterocycles. The first kappa shape index (κ1) is 17.4.